The van der Waals surface area contributed by atoms with Crippen LogP contribution in [0.25, 0.3) is 0 Å². The zero-order chi connectivity index (χ0) is 11.7. The van der Waals surface area contributed by atoms with Crippen LogP contribution in [0.4, 0.5) is 0 Å². The standard InChI is InChI=1S/C9H23N3O2S/c1-3-12(4-2)8-5-7-11-15(13,14)9-6-10/h11H,3-10H2,1-2H3. The minimum atomic E-state index is -3.14. The molecule has 5 nitrogen and oxygen atoms in total. The van der Waals surface area contributed by atoms with Crippen LogP contribution in [0.1, 0.15) is 20.3 Å². The molecule has 0 heterocycles. The summed E-state index contributed by atoms with van der Waals surface area (Å²) < 4.78 is 24.9. The van der Waals surface area contributed by atoms with Crippen molar-refractivity contribution < 1.29 is 8.42 Å². The summed E-state index contributed by atoms with van der Waals surface area (Å²) in [5.41, 5.74) is 5.18. The molecular weight excluding hydrogens is 214 g/mol. The molecule has 0 saturated heterocycles. The first-order valence-electron chi connectivity index (χ1n) is 5.45. The largest absolute Gasteiger partial charge is 0.329 e. The van der Waals surface area contributed by atoms with Crippen molar-refractivity contribution in [1.82, 2.24) is 9.62 Å². The van der Waals surface area contributed by atoms with E-state index >= 15 is 0 Å². The van der Waals surface area contributed by atoms with Crippen LogP contribution in [-0.2, 0) is 10.0 Å². The van der Waals surface area contributed by atoms with Gasteiger partial charge in [-0.1, -0.05) is 13.8 Å². The number of hydrogen-bond donors (Lipinski definition) is 2. The molecular formula is C9H23N3O2S. The van der Waals surface area contributed by atoms with Crippen LogP contribution in [0.15, 0.2) is 0 Å². The van der Waals surface area contributed by atoms with E-state index in [1.54, 1.807) is 0 Å². The van der Waals surface area contributed by atoms with Crippen molar-refractivity contribution in [2.24, 2.45) is 5.73 Å². The van der Waals surface area contributed by atoms with E-state index in [1.165, 1.54) is 0 Å². The summed E-state index contributed by atoms with van der Waals surface area (Å²) in [7, 11) is -3.14. The first-order valence-corrected chi connectivity index (χ1v) is 7.10. The molecule has 0 aliphatic rings. The van der Waals surface area contributed by atoms with Gasteiger partial charge in [-0.15, -0.1) is 0 Å². The summed E-state index contributed by atoms with van der Waals surface area (Å²) in [6, 6.07) is 0. The monoisotopic (exact) mass is 237 g/mol. The van der Waals surface area contributed by atoms with Crippen molar-refractivity contribution in [2.45, 2.75) is 20.3 Å². The normalized spacial score (nSPS) is 12.3. The van der Waals surface area contributed by atoms with Gasteiger partial charge in [-0.2, -0.15) is 0 Å². The lowest BCUT2D eigenvalue weighted by atomic mass is 10.4. The molecule has 0 fully saturated rings. The number of rotatable bonds is 9. The molecule has 0 saturated carbocycles. The van der Waals surface area contributed by atoms with Gasteiger partial charge in [0.25, 0.3) is 0 Å². The van der Waals surface area contributed by atoms with E-state index in [0.717, 1.165) is 26.1 Å². The van der Waals surface area contributed by atoms with E-state index in [4.69, 9.17) is 5.73 Å². The van der Waals surface area contributed by atoms with Gasteiger partial charge in [-0.3, -0.25) is 0 Å². The molecule has 15 heavy (non-hydrogen) atoms. The van der Waals surface area contributed by atoms with Crippen molar-refractivity contribution >= 4 is 10.0 Å². The van der Waals surface area contributed by atoms with E-state index in [2.05, 4.69) is 23.5 Å². The summed E-state index contributed by atoms with van der Waals surface area (Å²) in [5, 5.41) is 0. The highest BCUT2D eigenvalue weighted by Gasteiger charge is 2.07. The van der Waals surface area contributed by atoms with Gasteiger partial charge in [0.05, 0.1) is 5.75 Å². The number of hydrogen-bond acceptors (Lipinski definition) is 4. The van der Waals surface area contributed by atoms with E-state index in [0.29, 0.717) is 6.54 Å². The van der Waals surface area contributed by atoms with Gasteiger partial charge in [-0.25, -0.2) is 13.1 Å². The molecule has 0 radical (unpaired) electrons. The zero-order valence-electron chi connectivity index (χ0n) is 9.70. The lowest BCUT2D eigenvalue weighted by Crippen LogP contribution is -2.33. The molecule has 0 spiro atoms. The predicted molar refractivity (Wildman–Crippen MR) is 63.2 cm³/mol. The Hall–Kier alpha value is -0.170. The first kappa shape index (κ1) is 14.8. The summed E-state index contributed by atoms with van der Waals surface area (Å²) >= 11 is 0. The fraction of sp³-hybridized carbons (Fsp3) is 1.00. The van der Waals surface area contributed by atoms with Crippen molar-refractivity contribution in [2.75, 3.05) is 38.5 Å². The van der Waals surface area contributed by atoms with Crippen molar-refractivity contribution in [3.05, 3.63) is 0 Å². The van der Waals surface area contributed by atoms with E-state index in [1.807, 2.05) is 0 Å². The topological polar surface area (TPSA) is 75.4 Å². The summed E-state index contributed by atoms with van der Waals surface area (Å²) in [4.78, 5) is 2.26. The Kier molecular flexibility index (Phi) is 7.95. The Morgan fingerprint density at radius 1 is 1.27 bits per heavy atom. The van der Waals surface area contributed by atoms with E-state index < -0.39 is 10.0 Å². The Morgan fingerprint density at radius 3 is 2.33 bits per heavy atom. The highest BCUT2D eigenvalue weighted by atomic mass is 32.2. The average molecular weight is 237 g/mol. The molecule has 0 aromatic carbocycles. The van der Waals surface area contributed by atoms with Gasteiger partial charge in [0.15, 0.2) is 0 Å². The van der Waals surface area contributed by atoms with Crippen molar-refractivity contribution in [1.29, 1.82) is 0 Å². The lowest BCUT2D eigenvalue weighted by Gasteiger charge is -2.17. The van der Waals surface area contributed by atoms with E-state index in [-0.39, 0.29) is 12.3 Å². The number of nitrogens with zero attached hydrogens (tertiary/aromatic N) is 1. The van der Waals surface area contributed by atoms with Crippen LogP contribution in [-0.4, -0.2) is 51.8 Å². The highest BCUT2D eigenvalue weighted by molar-refractivity contribution is 7.89. The quantitative estimate of drug-likeness (QED) is 0.535. The zero-order valence-corrected chi connectivity index (χ0v) is 10.5. The SMILES string of the molecule is CCN(CC)CCCNS(=O)(=O)CCN. The van der Waals surface area contributed by atoms with Gasteiger partial charge in [0.2, 0.25) is 10.0 Å². The van der Waals surface area contributed by atoms with Crippen LogP contribution in [0.2, 0.25) is 0 Å². The molecule has 0 unspecified atom stereocenters. The number of nitrogens with one attached hydrogen (secondary N) is 1. The molecule has 0 aliphatic carbocycles. The Bertz CT molecular complexity index is 238. The van der Waals surface area contributed by atoms with Gasteiger partial charge in [0, 0.05) is 13.1 Å². The van der Waals surface area contributed by atoms with Gasteiger partial charge >= 0.3 is 0 Å². The molecule has 92 valence electrons. The van der Waals surface area contributed by atoms with Crippen LogP contribution in [0.5, 0.6) is 0 Å². The molecule has 0 rings (SSSR count). The van der Waals surface area contributed by atoms with Gasteiger partial charge in [0.1, 0.15) is 0 Å². The third-order valence-corrected chi connectivity index (χ3v) is 3.67. The van der Waals surface area contributed by atoms with Gasteiger partial charge < -0.3 is 10.6 Å². The average Bonchev–Trinajstić information content (AvgIpc) is 2.18. The van der Waals surface area contributed by atoms with E-state index in [9.17, 15) is 8.42 Å². The predicted octanol–water partition coefficient (Wildman–Crippen LogP) is -0.404. The first-order chi connectivity index (χ1) is 7.05. The van der Waals surface area contributed by atoms with Crippen molar-refractivity contribution in [3.63, 3.8) is 0 Å². The molecule has 0 aromatic heterocycles. The number of nitrogens with two attached hydrogens (primary N) is 1. The lowest BCUT2D eigenvalue weighted by molar-refractivity contribution is 0.300. The van der Waals surface area contributed by atoms with Crippen LogP contribution in [0, 0.1) is 0 Å². The second-order valence-corrected chi connectivity index (χ2v) is 5.31. The molecule has 0 aliphatic heterocycles. The molecule has 0 aromatic rings. The maximum atomic E-state index is 11.2. The summed E-state index contributed by atoms with van der Waals surface area (Å²) in [6.45, 7) is 7.81. The Balaban J connectivity index is 3.62. The molecule has 0 bridgehead atoms. The van der Waals surface area contributed by atoms with Crippen LogP contribution >= 0.6 is 0 Å². The molecule has 0 atom stereocenters. The molecule has 6 heteroatoms. The Labute approximate surface area is 93.1 Å². The van der Waals surface area contributed by atoms with Crippen LogP contribution < -0.4 is 10.5 Å². The fourth-order valence-corrected chi connectivity index (χ4v) is 2.21. The third-order valence-electron chi connectivity index (χ3n) is 2.25. The maximum absolute atomic E-state index is 11.2. The fourth-order valence-electron chi connectivity index (χ4n) is 1.30. The minimum absolute atomic E-state index is 0.0122. The molecule has 0 amide bonds. The molecule has 3 N–H and O–H groups in total. The summed E-state index contributed by atoms with van der Waals surface area (Å²) in [6.07, 6.45) is 0.839. The van der Waals surface area contributed by atoms with Crippen LogP contribution in [0.3, 0.4) is 0 Å². The third kappa shape index (κ3) is 7.72. The smallest absolute Gasteiger partial charge is 0.212 e. The Morgan fingerprint density at radius 2 is 1.87 bits per heavy atom. The second kappa shape index (κ2) is 8.04. The van der Waals surface area contributed by atoms with Gasteiger partial charge in [-0.05, 0) is 26.1 Å². The second-order valence-electron chi connectivity index (χ2n) is 3.38. The maximum Gasteiger partial charge on any atom is 0.212 e. The summed E-state index contributed by atoms with van der Waals surface area (Å²) in [5.74, 6) is 0.0122. The van der Waals surface area contributed by atoms with Crippen molar-refractivity contribution in [3.8, 4) is 0 Å². The minimum Gasteiger partial charge on any atom is -0.329 e. The number of sulfonamides is 1. The highest BCUT2D eigenvalue weighted by Crippen LogP contribution is 1.90.